The Morgan fingerprint density at radius 3 is 2.73 bits per heavy atom. The van der Waals surface area contributed by atoms with Gasteiger partial charge in [0.1, 0.15) is 11.5 Å². The third kappa shape index (κ3) is 2.91. The van der Waals surface area contributed by atoms with Crippen molar-refractivity contribution in [2.75, 3.05) is 0 Å². The molecule has 7 heteroatoms. The van der Waals surface area contributed by atoms with Gasteiger partial charge in [-0.2, -0.15) is 0 Å². The Labute approximate surface area is 176 Å². The van der Waals surface area contributed by atoms with Gasteiger partial charge in [-0.1, -0.05) is 6.07 Å². The number of nitrogens with zero attached hydrogens (tertiary/aromatic N) is 3. The Hall–Kier alpha value is -3.71. The van der Waals surface area contributed by atoms with E-state index in [-0.39, 0.29) is 0 Å². The second kappa shape index (κ2) is 6.96. The fourth-order valence-electron chi connectivity index (χ4n) is 3.63. The van der Waals surface area contributed by atoms with Crippen molar-refractivity contribution in [2.24, 2.45) is 7.05 Å². The van der Waals surface area contributed by atoms with Crippen LogP contribution in [0.4, 0.5) is 0 Å². The van der Waals surface area contributed by atoms with Crippen LogP contribution in [0.25, 0.3) is 31.7 Å². The smallest absolute Gasteiger partial charge is 0.338 e. The molecule has 5 rings (SSSR count). The number of fused-ring (bicyclic) bond motifs is 2. The summed E-state index contributed by atoms with van der Waals surface area (Å²) in [7, 11) is 1.86. The molecule has 4 aromatic heterocycles. The van der Waals surface area contributed by atoms with Crippen LogP contribution in [0.2, 0.25) is 0 Å². The average Bonchev–Trinajstić information content (AvgIpc) is 3.29. The lowest BCUT2D eigenvalue weighted by Gasteiger charge is -2.07. The summed E-state index contributed by atoms with van der Waals surface area (Å²) in [4.78, 5) is 21.5. The summed E-state index contributed by atoms with van der Waals surface area (Å²) in [6.45, 7) is 1.81. The number of carboxylic acids is 1. The second-order valence-corrected chi connectivity index (χ2v) is 8.01. The van der Waals surface area contributed by atoms with Gasteiger partial charge in [0.15, 0.2) is 0 Å². The van der Waals surface area contributed by atoms with Crippen molar-refractivity contribution < 1.29 is 14.6 Å². The molecule has 0 aliphatic carbocycles. The Kier molecular flexibility index (Phi) is 4.25. The maximum Gasteiger partial charge on any atom is 0.338 e. The Balaban J connectivity index is 1.57. The minimum atomic E-state index is -0.928. The van der Waals surface area contributed by atoms with Crippen LogP contribution < -0.4 is 4.74 Å². The first-order chi connectivity index (χ1) is 14.5. The van der Waals surface area contributed by atoms with Gasteiger partial charge in [-0.3, -0.25) is 9.97 Å². The molecule has 0 saturated carbocycles. The highest BCUT2D eigenvalue weighted by atomic mass is 32.1. The molecule has 0 aliphatic rings. The van der Waals surface area contributed by atoms with E-state index < -0.39 is 5.97 Å². The molecule has 0 amide bonds. The van der Waals surface area contributed by atoms with Crippen LogP contribution in [0, 0.1) is 6.92 Å². The van der Waals surface area contributed by atoms with Gasteiger partial charge in [-0.25, -0.2) is 4.79 Å². The van der Waals surface area contributed by atoms with Crippen LogP contribution in [0.3, 0.4) is 0 Å². The van der Waals surface area contributed by atoms with E-state index in [1.165, 1.54) is 0 Å². The van der Waals surface area contributed by atoms with E-state index in [2.05, 4.69) is 9.97 Å². The molecule has 30 heavy (non-hydrogen) atoms. The van der Waals surface area contributed by atoms with E-state index >= 15 is 0 Å². The molecule has 6 nitrogen and oxygen atoms in total. The van der Waals surface area contributed by atoms with Gasteiger partial charge in [-0.15, -0.1) is 11.3 Å². The minimum Gasteiger partial charge on any atom is -0.478 e. The molecule has 5 aromatic rings. The van der Waals surface area contributed by atoms with Crippen molar-refractivity contribution in [3.63, 3.8) is 0 Å². The summed E-state index contributed by atoms with van der Waals surface area (Å²) < 4.78 is 9.01. The number of rotatable bonds is 4. The van der Waals surface area contributed by atoms with Crippen molar-refractivity contribution in [2.45, 2.75) is 6.92 Å². The summed E-state index contributed by atoms with van der Waals surface area (Å²) in [6, 6.07) is 15.1. The maximum atomic E-state index is 11.6. The van der Waals surface area contributed by atoms with Crippen molar-refractivity contribution in [3.8, 4) is 22.1 Å². The third-order valence-corrected chi connectivity index (χ3v) is 6.36. The third-order valence-electron chi connectivity index (χ3n) is 5.20. The van der Waals surface area contributed by atoms with Crippen LogP contribution in [-0.4, -0.2) is 25.6 Å². The van der Waals surface area contributed by atoms with Crippen molar-refractivity contribution in [1.82, 2.24) is 14.5 Å². The van der Waals surface area contributed by atoms with Gasteiger partial charge in [-0.05, 0) is 37.3 Å². The quantitative estimate of drug-likeness (QED) is 0.410. The van der Waals surface area contributed by atoms with E-state index in [4.69, 9.17) is 4.74 Å². The monoisotopic (exact) mass is 415 g/mol. The zero-order valence-electron chi connectivity index (χ0n) is 16.3. The number of aromatic nitrogens is 3. The highest BCUT2D eigenvalue weighted by Crippen LogP contribution is 2.39. The van der Waals surface area contributed by atoms with E-state index in [0.717, 1.165) is 26.3 Å². The largest absolute Gasteiger partial charge is 0.478 e. The summed E-state index contributed by atoms with van der Waals surface area (Å²) in [5.41, 5.74) is 3.59. The first-order valence-electron chi connectivity index (χ1n) is 9.33. The number of benzene rings is 1. The number of carboxylic acid groups (broad SMARTS) is 1. The lowest BCUT2D eigenvalue weighted by molar-refractivity contribution is 0.0698. The van der Waals surface area contributed by atoms with E-state index in [1.54, 1.807) is 42.8 Å². The highest BCUT2D eigenvalue weighted by molar-refractivity contribution is 7.22. The first kappa shape index (κ1) is 18.3. The fourth-order valence-corrected chi connectivity index (χ4v) is 4.68. The molecule has 0 aliphatic heterocycles. The normalized spacial score (nSPS) is 11.3. The molecule has 1 N–H and O–H groups in total. The Morgan fingerprint density at radius 2 is 1.97 bits per heavy atom. The van der Waals surface area contributed by atoms with Gasteiger partial charge in [0.25, 0.3) is 0 Å². The van der Waals surface area contributed by atoms with Crippen molar-refractivity contribution >= 4 is 38.4 Å². The number of carbonyl (C=O) groups is 1. The highest BCUT2D eigenvalue weighted by Gasteiger charge is 2.18. The van der Waals surface area contributed by atoms with E-state index in [0.29, 0.717) is 28.1 Å². The zero-order valence-corrected chi connectivity index (χ0v) is 17.1. The summed E-state index contributed by atoms with van der Waals surface area (Å²) in [5, 5.41) is 10.2. The fraction of sp³-hybridized carbons (Fsp3) is 0.0870. The SMILES string of the molecule is Cc1c(C(=O)O)c2ccc(Oc3ccnc4cc(-c5ccccn5)sc34)cc2n1C. The van der Waals surface area contributed by atoms with Gasteiger partial charge in [0.05, 0.1) is 31.9 Å². The number of hydrogen-bond acceptors (Lipinski definition) is 5. The predicted molar refractivity (Wildman–Crippen MR) is 118 cm³/mol. The second-order valence-electron chi connectivity index (χ2n) is 6.95. The van der Waals surface area contributed by atoms with Gasteiger partial charge in [0, 0.05) is 42.7 Å². The molecular weight excluding hydrogens is 398 g/mol. The first-order valence-corrected chi connectivity index (χ1v) is 10.1. The molecule has 0 fully saturated rings. The average molecular weight is 415 g/mol. The lowest BCUT2D eigenvalue weighted by atomic mass is 10.1. The summed E-state index contributed by atoms with van der Waals surface area (Å²) >= 11 is 1.58. The van der Waals surface area contributed by atoms with E-state index in [1.807, 2.05) is 48.0 Å². The molecular formula is C23H17N3O3S. The van der Waals surface area contributed by atoms with Crippen LogP contribution in [-0.2, 0) is 7.05 Å². The van der Waals surface area contributed by atoms with Crippen LogP contribution in [0.5, 0.6) is 11.5 Å². The van der Waals surface area contributed by atoms with Crippen LogP contribution in [0.1, 0.15) is 16.1 Å². The molecule has 148 valence electrons. The summed E-state index contributed by atoms with van der Waals surface area (Å²) in [6.07, 6.45) is 3.49. The Morgan fingerprint density at radius 1 is 1.10 bits per heavy atom. The minimum absolute atomic E-state index is 0.323. The number of ether oxygens (including phenoxy) is 1. The maximum absolute atomic E-state index is 11.6. The topological polar surface area (TPSA) is 77.2 Å². The Bertz CT molecular complexity index is 1420. The predicted octanol–water partition coefficient (Wildman–Crippen LogP) is 5.65. The van der Waals surface area contributed by atoms with Crippen LogP contribution >= 0.6 is 11.3 Å². The number of aromatic carboxylic acids is 1. The van der Waals surface area contributed by atoms with Gasteiger partial charge < -0.3 is 14.4 Å². The van der Waals surface area contributed by atoms with Crippen molar-refractivity contribution in [1.29, 1.82) is 0 Å². The molecule has 0 bridgehead atoms. The number of hydrogen-bond donors (Lipinski definition) is 1. The number of thiophene rings is 1. The van der Waals surface area contributed by atoms with E-state index in [9.17, 15) is 9.90 Å². The standard InChI is InChI=1S/C23H17N3O3S/c1-13-21(23(27)28)15-7-6-14(11-18(15)26(13)2)29-19-8-10-25-17-12-20(30-22(17)19)16-5-3-4-9-24-16/h3-12H,1-2H3,(H,27,28). The van der Waals surface area contributed by atoms with Crippen molar-refractivity contribution in [3.05, 3.63) is 72.2 Å². The molecule has 0 radical (unpaired) electrons. The van der Waals surface area contributed by atoms with Gasteiger partial charge in [0.2, 0.25) is 0 Å². The molecule has 4 heterocycles. The zero-order chi connectivity index (χ0) is 20.8. The molecule has 1 aromatic carbocycles. The number of aryl methyl sites for hydroxylation is 1. The molecule has 0 unspecified atom stereocenters. The van der Waals surface area contributed by atoms with Gasteiger partial charge >= 0.3 is 5.97 Å². The molecule has 0 spiro atoms. The lowest BCUT2D eigenvalue weighted by Crippen LogP contribution is -1.99. The number of pyridine rings is 2. The van der Waals surface area contributed by atoms with Crippen LogP contribution in [0.15, 0.2) is 60.9 Å². The summed E-state index contributed by atoms with van der Waals surface area (Å²) in [5.74, 6) is 0.416. The molecule has 0 atom stereocenters. The molecule has 0 saturated heterocycles.